The molecule has 2 heterocycles. The molecule has 0 bridgehead atoms. The number of aromatic nitrogens is 2. The van der Waals surface area contributed by atoms with Gasteiger partial charge in [0.05, 0.1) is 17.3 Å². The van der Waals surface area contributed by atoms with Gasteiger partial charge in [0, 0.05) is 32.4 Å². The normalized spacial score (nSPS) is 15.4. The van der Waals surface area contributed by atoms with Crippen LogP contribution in [0, 0.1) is 0 Å². The molecule has 7 nitrogen and oxygen atoms in total. The summed E-state index contributed by atoms with van der Waals surface area (Å²) in [7, 11) is 0. The van der Waals surface area contributed by atoms with Gasteiger partial charge in [-0.2, -0.15) is 18.3 Å². The molecule has 2 amide bonds. The third-order valence-electron chi connectivity index (χ3n) is 4.47. The van der Waals surface area contributed by atoms with Crippen molar-refractivity contribution in [2.45, 2.75) is 12.7 Å². The predicted octanol–water partition coefficient (Wildman–Crippen LogP) is 2.34. The number of benzene rings is 1. The second-order valence-corrected chi connectivity index (χ2v) is 6.99. The lowest BCUT2D eigenvalue weighted by atomic mass is 10.3. The first-order chi connectivity index (χ1) is 13.7. The number of carbonyl (C=O) groups is 2. The molecule has 1 saturated heterocycles. The summed E-state index contributed by atoms with van der Waals surface area (Å²) in [5, 5.41) is 6.58. The fraction of sp³-hybridized carbons (Fsp3) is 0.389. The summed E-state index contributed by atoms with van der Waals surface area (Å²) >= 11 is 6.02. The number of amides is 2. The first-order valence-corrected chi connectivity index (χ1v) is 9.25. The van der Waals surface area contributed by atoms with Gasteiger partial charge in [-0.3, -0.25) is 19.2 Å². The van der Waals surface area contributed by atoms with E-state index in [1.165, 1.54) is 0 Å². The second-order valence-electron chi connectivity index (χ2n) is 6.58. The fourth-order valence-corrected chi connectivity index (χ4v) is 3.13. The number of piperazine rings is 1. The molecule has 0 unspecified atom stereocenters. The Morgan fingerprint density at radius 1 is 1.07 bits per heavy atom. The van der Waals surface area contributed by atoms with Gasteiger partial charge >= 0.3 is 6.18 Å². The summed E-state index contributed by atoms with van der Waals surface area (Å²) < 4.78 is 38.7. The van der Waals surface area contributed by atoms with Crippen LogP contribution in [-0.2, 0) is 22.3 Å². The highest BCUT2D eigenvalue weighted by atomic mass is 35.5. The smallest absolute Gasteiger partial charge is 0.339 e. The molecular formula is C18H19ClF3N5O2. The highest BCUT2D eigenvalue weighted by molar-refractivity contribution is 6.33. The topological polar surface area (TPSA) is 70.5 Å². The summed E-state index contributed by atoms with van der Waals surface area (Å²) in [5.41, 5.74) is -0.495. The lowest BCUT2D eigenvalue weighted by Crippen LogP contribution is -2.51. The number of nitrogens with zero attached hydrogens (tertiary/aromatic N) is 4. The lowest BCUT2D eigenvalue weighted by Gasteiger charge is -2.34. The van der Waals surface area contributed by atoms with Crippen molar-refractivity contribution in [1.82, 2.24) is 19.6 Å². The zero-order chi connectivity index (χ0) is 21.0. The van der Waals surface area contributed by atoms with E-state index in [-0.39, 0.29) is 24.9 Å². The van der Waals surface area contributed by atoms with Crippen LogP contribution in [0.4, 0.5) is 18.9 Å². The van der Waals surface area contributed by atoms with E-state index in [4.69, 9.17) is 11.6 Å². The van der Waals surface area contributed by atoms with Crippen molar-refractivity contribution in [2.75, 3.05) is 38.0 Å². The van der Waals surface area contributed by atoms with E-state index < -0.39 is 11.9 Å². The summed E-state index contributed by atoms with van der Waals surface area (Å²) in [6, 6.07) is 7.75. The number of hydrogen-bond acceptors (Lipinski definition) is 4. The first kappa shape index (κ1) is 21.1. The van der Waals surface area contributed by atoms with Crippen LogP contribution in [0.5, 0.6) is 0 Å². The van der Waals surface area contributed by atoms with Crippen molar-refractivity contribution in [3.8, 4) is 0 Å². The number of carbonyl (C=O) groups excluding carboxylic acids is 2. The molecule has 2 aromatic rings. The van der Waals surface area contributed by atoms with Crippen LogP contribution in [0.2, 0.25) is 5.02 Å². The van der Waals surface area contributed by atoms with Crippen LogP contribution in [0.1, 0.15) is 5.69 Å². The largest absolute Gasteiger partial charge is 0.435 e. The summed E-state index contributed by atoms with van der Waals surface area (Å²) in [6.45, 7) is 1.62. The van der Waals surface area contributed by atoms with E-state index in [1.807, 2.05) is 4.90 Å². The summed E-state index contributed by atoms with van der Waals surface area (Å²) in [4.78, 5) is 27.9. The molecule has 3 rings (SSSR count). The molecule has 0 spiro atoms. The number of nitrogens with one attached hydrogen (secondary N) is 1. The molecule has 1 aliphatic rings. The maximum atomic E-state index is 12.6. The van der Waals surface area contributed by atoms with Crippen molar-refractivity contribution in [2.24, 2.45) is 0 Å². The molecule has 0 atom stereocenters. The zero-order valence-electron chi connectivity index (χ0n) is 15.3. The quantitative estimate of drug-likeness (QED) is 0.792. The SMILES string of the molecule is O=C(CN1CCN(C(=O)Cn2ccc(C(F)(F)F)n2)CC1)Nc1ccccc1Cl. The van der Waals surface area contributed by atoms with E-state index in [0.717, 1.165) is 16.9 Å². The van der Waals surface area contributed by atoms with E-state index in [1.54, 1.807) is 29.2 Å². The van der Waals surface area contributed by atoms with Crippen LogP contribution in [0.3, 0.4) is 0 Å². The minimum atomic E-state index is -4.54. The monoisotopic (exact) mass is 429 g/mol. The van der Waals surface area contributed by atoms with Crippen molar-refractivity contribution in [3.05, 3.63) is 47.2 Å². The summed E-state index contributed by atoms with van der Waals surface area (Å²) in [5.74, 6) is -0.531. The van der Waals surface area contributed by atoms with Crippen molar-refractivity contribution < 1.29 is 22.8 Å². The number of rotatable bonds is 5. The molecule has 0 aliphatic carbocycles. The average Bonchev–Trinajstić information content (AvgIpc) is 3.13. The molecular weight excluding hydrogens is 411 g/mol. The minimum absolute atomic E-state index is 0.154. The second kappa shape index (κ2) is 8.83. The average molecular weight is 430 g/mol. The Labute approximate surface area is 170 Å². The Morgan fingerprint density at radius 2 is 1.76 bits per heavy atom. The molecule has 0 saturated carbocycles. The Balaban J connectivity index is 1.45. The van der Waals surface area contributed by atoms with Crippen molar-refractivity contribution in [3.63, 3.8) is 0 Å². The van der Waals surface area contributed by atoms with Crippen LogP contribution in [0.25, 0.3) is 0 Å². The van der Waals surface area contributed by atoms with E-state index in [2.05, 4.69) is 10.4 Å². The standard InChI is InChI=1S/C18H19ClF3N5O2/c19-13-3-1-2-4-14(13)23-16(28)11-25-7-9-26(10-8-25)17(29)12-27-6-5-15(24-27)18(20,21)22/h1-6H,7-12H2,(H,23,28). The number of anilines is 1. The third-order valence-corrected chi connectivity index (χ3v) is 4.80. The number of alkyl halides is 3. The molecule has 1 aliphatic heterocycles. The molecule has 156 valence electrons. The highest BCUT2D eigenvalue weighted by Crippen LogP contribution is 2.27. The van der Waals surface area contributed by atoms with Crippen LogP contribution >= 0.6 is 11.6 Å². The molecule has 29 heavy (non-hydrogen) atoms. The van der Waals surface area contributed by atoms with Gasteiger partial charge in [-0.1, -0.05) is 23.7 Å². The van der Waals surface area contributed by atoms with Gasteiger partial charge < -0.3 is 10.2 Å². The van der Waals surface area contributed by atoms with Crippen LogP contribution in [-0.4, -0.2) is 64.1 Å². The van der Waals surface area contributed by atoms with E-state index >= 15 is 0 Å². The molecule has 1 aromatic heterocycles. The molecule has 1 aromatic carbocycles. The number of para-hydroxylation sites is 1. The third kappa shape index (κ3) is 5.70. The van der Waals surface area contributed by atoms with Gasteiger partial charge in [-0.15, -0.1) is 0 Å². The Morgan fingerprint density at radius 3 is 2.38 bits per heavy atom. The van der Waals surface area contributed by atoms with Gasteiger partial charge in [-0.25, -0.2) is 0 Å². The van der Waals surface area contributed by atoms with Gasteiger partial charge in [-0.05, 0) is 18.2 Å². The Hall–Kier alpha value is -2.59. The van der Waals surface area contributed by atoms with E-state index in [9.17, 15) is 22.8 Å². The predicted molar refractivity (Wildman–Crippen MR) is 100 cm³/mol. The highest BCUT2D eigenvalue weighted by Gasteiger charge is 2.33. The lowest BCUT2D eigenvalue weighted by molar-refractivity contribution is -0.142. The van der Waals surface area contributed by atoms with Gasteiger partial charge in [0.25, 0.3) is 0 Å². The fourth-order valence-electron chi connectivity index (χ4n) is 2.95. The minimum Gasteiger partial charge on any atom is -0.339 e. The van der Waals surface area contributed by atoms with Gasteiger partial charge in [0.15, 0.2) is 5.69 Å². The zero-order valence-corrected chi connectivity index (χ0v) is 16.1. The van der Waals surface area contributed by atoms with Crippen molar-refractivity contribution in [1.29, 1.82) is 0 Å². The Kier molecular flexibility index (Phi) is 6.43. The number of hydrogen-bond donors (Lipinski definition) is 1. The number of halogens is 4. The van der Waals surface area contributed by atoms with Crippen molar-refractivity contribution >= 4 is 29.1 Å². The van der Waals surface area contributed by atoms with Gasteiger partial charge in [0.2, 0.25) is 11.8 Å². The molecule has 1 N–H and O–H groups in total. The van der Waals surface area contributed by atoms with Crippen LogP contribution < -0.4 is 5.32 Å². The molecule has 11 heteroatoms. The molecule has 1 fully saturated rings. The maximum Gasteiger partial charge on any atom is 0.435 e. The molecule has 0 radical (unpaired) electrons. The van der Waals surface area contributed by atoms with Crippen LogP contribution in [0.15, 0.2) is 36.5 Å². The van der Waals surface area contributed by atoms with E-state index in [0.29, 0.717) is 36.9 Å². The summed E-state index contributed by atoms with van der Waals surface area (Å²) in [6.07, 6.45) is -3.40. The Bertz CT molecular complexity index is 878. The first-order valence-electron chi connectivity index (χ1n) is 8.87. The maximum absolute atomic E-state index is 12.6. The van der Waals surface area contributed by atoms with Gasteiger partial charge in [0.1, 0.15) is 6.54 Å².